The fourth-order valence-electron chi connectivity index (χ4n) is 5.97. The number of aryl methyl sites for hydroxylation is 1. The number of carboxylic acid groups (broad SMARTS) is 1. The maximum atomic E-state index is 14.7. The zero-order chi connectivity index (χ0) is 26.3. The van der Waals surface area contributed by atoms with Gasteiger partial charge in [0, 0.05) is 30.4 Å². The van der Waals surface area contributed by atoms with E-state index in [-0.39, 0.29) is 38.3 Å². The van der Waals surface area contributed by atoms with E-state index in [0.29, 0.717) is 28.6 Å². The van der Waals surface area contributed by atoms with Crippen molar-refractivity contribution in [1.29, 1.82) is 0 Å². The van der Waals surface area contributed by atoms with Crippen molar-refractivity contribution in [3.63, 3.8) is 0 Å². The van der Waals surface area contributed by atoms with E-state index in [2.05, 4.69) is 20.4 Å². The maximum Gasteiger partial charge on any atom is 0.356 e. The van der Waals surface area contributed by atoms with E-state index in [1.54, 1.807) is 20.9 Å². The number of pyridine rings is 1. The van der Waals surface area contributed by atoms with Crippen LogP contribution >= 0.6 is 11.6 Å². The second-order valence-corrected chi connectivity index (χ2v) is 10.5. The van der Waals surface area contributed by atoms with Crippen LogP contribution in [0.1, 0.15) is 65.8 Å². The molecule has 3 heterocycles. The highest BCUT2D eigenvalue weighted by atomic mass is 35.5. The van der Waals surface area contributed by atoms with Gasteiger partial charge in [-0.2, -0.15) is 4.98 Å². The number of benzene rings is 1. The molecule has 0 amide bonds. The highest BCUT2D eigenvalue weighted by Gasteiger charge is 2.72. The maximum absolute atomic E-state index is 14.7. The Morgan fingerprint density at radius 1 is 1.22 bits per heavy atom. The van der Waals surface area contributed by atoms with E-state index in [9.17, 15) is 19.1 Å². The Morgan fingerprint density at radius 2 is 1.95 bits per heavy atom. The predicted octanol–water partition coefficient (Wildman–Crippen LogP) is 4.06. The molecule has 2 N–H and O–H groups in total. The Labute approximate surface area is 214 Å². The van der Waals surface area contributed by atoms with Crippen LogP contribution in [-0.4, -0.2) is 35.8 Å². The van der Waals surface area contributed by atoms with Crippen molar-refractivity contribution in [2.45, 2.75) is 50.0 Å². The fraction of sp³-hybridized carbons (Fsp3) is 0.360. The van der Waals surface area contributed by atoms with Crippen LogP contribution in [-0.2, 0) is 17.9 Å². The quantitative estimate of drug-likeness (QED) is 0.358. The molecule has 3 aliphatic carbocycles. The smallest absolute Gasteiger partial charge is 0.356 e. The second-order valence-electron chi connectivity index (χ2n) is 10.1. The van der Waals surface area contributed by atoms with E-state index < -0.39 is 17.8 Å². The van der Waals surface area contributed by atoms with Gasteiger partial charge in [-0.3, -0.25) is 9.36 Å². The van der Waals surface area contributed by atoms with E-state index in [1.165, 1.54) is 28.8 Å². The summed E-state index contributed by atoms with van der Waals surface area (Å²) in [5.41, 5.74) is -0.0672. The fourth-order valence-corrected chi connectivity index (χ4v) is 6.12. The molecule has 3 saturated carbocycles. The summed E-state index contributed by atoms with van der Waals surface area (Å²) < 4.78 is 21.3. The number of hydrogen-bond donors (Lipinski definition) is 2. The number of anilines is 1. The minimum Gasteiger partial charge on any atom is -0.476 e. The highest BCUT2D eigenvalue weighted by molar-refractivity contribution is 6.29. The number of fused-ring (bicyclic) bond motifs is 1. The van der Waals surface area contributed by atoms with Gasteiger partial charge < -0.3 is 14.9 Å². The van der Waals surface area contributed by atoms with Crippen LogP contribution in [0, 0.1) is 12.7 Å². The van der Waals surface area contributed by atoms with Gasteiger partial charge in [-0.15, -0.1) is 0 Å². The third-order valence-electron chi connectivity index (χ3n) is 7.58. The normalized spacial score (nSPS) is 22.8. The Balaban J connectivity index is 1.40. The number of halogens is 2. The molecule has 0 radical (unpaired) electrons. The van der Waals surface area contributed by atoms with Gasteiger partial charge in [0.1, 0.15) is 16.8 Å². The lowest BCUT2D eigenvalue weighted by Gasteiger charge is -2.68. The van der Waals surface area contributed by atoms with E-state index in [0.717, 1.165) is 19.3 Å². The van der Waals surface area contributed by atoms with Crippen LogP contribution in [0.15, 0.2) is 33.6 Å². The van der Waals surface area contributed by atoms with Crippen molar-refractivity contribution in [1.82, 2.24) is 24.7 Å². The lowest BCUT2D eigenvalue weighted by atomic mass is 9.34. The molecule has 2 bridgehead atoms. The number of nitrogens with one attached hydrogen (secondary N) is 1. The Hall–Kier alpha value is -3.86. The minimum atomic E-state index is -1.26. The summed E-state index contributed by atoms with van der Waals surface area (Å²) in [6.07, 6.45) is 2.23. The molecule has 0 aliphatic heterocycles. The number of aromatic carboxylic acids is 1. The molecule has 3 aromatic heterocycles. The molecule has 0 saturated heterocycles. The van der Waals surface area contributed by atoms with Crippen LogP contribution in [0.4, 0.5) is 10.1 Å². The van der Waals surface area contributed by atoms with Crippen molar-refractivity contribution in [3.8, 4) is 0 Å². The first-order valence-corrected chi connectivity index (χ1v) is 12.1. The van der Waals surface area contributed by atoms with E-state index in [1.807, 2.05) is 0 Å². The monoisotopic (exact) mass is 524 g/mol. The summed E-state index contributed by atoms with van der Waals surface area (Å²) in [5.74, 6) is -0.0203. The van der Waals surface area contributed by atoms with Gasteiger partial charge in [-0.1, -0.05) is 16.8 Å². The average molecular weight is 525 g/mol. The summed E-state index contributed by atoms with van der Waals surface area (Å²) in [6, 6.07) is 4.85. The molecule has 1 atom stereocenters. The average Bonchev–Trinajstić information content (AvgIpc) is 3.22. The minimum absolute atomic E-state index is 0.0360. The van der Waals surface area contributed by atoms with Gasteiger partial charge in [-0.25, -0.2) is 19.2 Å². The van der Waals surface area contributed by atoms with Crippen molar-refractivity contribution >= 4 is 34.2 Å². The van der Waals surface area contributed by atoms with Gasteiger partial charge in [-0.05, 0) is 50.5 Å². The summed E-state index contributed by atoms with van der Waals surface area (Å²) in [6.45, 7) is 3.49. The Kier molecular flexibility index (Phi) is 4.97. The van der Waals surface area contributed by atoms with E-state index in [4.69, 9.17) is 21.1 Å². The third-order valence-corrected chi connectivity index (χ3v) is 7.79. The molecule has 0 spiro atoms. The van der Waals surface area contributed by atoms with Crippen molar-refractivity contribution in [2.24, 2.45) is 7.05 Å². The topological polar surface area (TPSA) is 136 Å². The lowest BCUT2D eigenvalue weighted by Crippen LogP contribution is -2.69. The number of aromatic nitrogens is 5. The molecule has 4 aromatic rings. The third kappa shape index (κ3) is 3.44. The molecular formula is C25H22ClFN6O4. The first-order valence-electron chi connectivity index (χ1n) is 11.7. The van der Waals surface area contributed by atoms with Gasteiger partial charge in [0.2, 0.25) is 5.89 Å². The second kappa shape index (κ2) is 7.82. The van der Waals surface area contributed by atoms with Crippen molar-refractivity contribution in [2.75, 3.05) is 5.32 Å². The first-order chi connectivity index (χ1) is 17.5. The number of hydrogen-bond acceptors (Lipinski definition) is 8. The molecule has 7 rings (SSSR count). The SMILES string of the molecule is Cc1nc(C23CC(c4nc5c([C@@H](C)Nc6ccc(Cl)nc6C(=O)O)cc(F)cc5c(=O)n4C)(C2)C3)no1. The van der Waals surface area contributed by atoms with Gasteiger partial charge in [0.15, 0.2) is 11.5 Å². The van der Waals surface area contributed by atoms with Gasteiger partial charge in [0.25, 0.3) is 5.56 Å². The molecule has 3 fully saturated rings. The van der Waals surface area contributed by atoms with E-state index >= 15 is 0 Å². The largest absolute Gasteiger partial charge is 0.476 e. The number of carboxylic acids is 1. The van der Waals surface area contributed by atoms with Crippen LogP contribution in [0.3, 0.4) is 0 Å². The number of rotatable bonds is 6. The summed E-state index contributed by atoms with van der Waals surface area (Å²) in [5, 5.41) is 16.9. The predicted molar refractivity (Wildman–Crippen MR) is 131 cm³/mol. The summed E-state index contributed by atoms with van der Waals surface area (Å²) in [7, 11) is 1.65. The molecule has 3 aliphatic rings. The van der Waals surface area contributed by atoms with Crippen LogP contribution in [0.25, 0.3) is 10.9 Å². The zero-order valence-corrected chi connectivity index (χ0v) is 20.9. The lowest BCUT2D eigenvalue weighted by molar-refractivity contribution is -0.0846. The number of nitrogens with zero attached hydrogens (tertiary/aromatic N) is 5. The molecular weight excluding hydrogens is 503 g/mol. The Morgan fingerprint density at radius 3 is 2.59 bits per heavy atom. The van der Waals surface area contributed by atoms with Crippen LogP contribution in [0.2, 0.25) is 5.15 Å². The zero-order valence-electron chi connectivity index (χ0n) is 20.2. The number of carbonyl (C=O) groups is 1. The van der Waals surface area contributed by atoms with Crippen LogP contribution < -0.4 is 10.9 Å². The van der Waals surface area contributed by atoms with Crippen LogP contribution in [0.5, 0.6) is 0 Å². The molecule has 10 nitrogen and oxygen atoms in total. The van der Waals surface area contributed by atoms with Crippen molar-refractivity contribution in [3.05, 3.63) is 74.4 Å². The summed E-state index contributed by atoms with van der Waals surface area (Å²) >= 11 is 5.87. The molecule has 0 unspecified atom stereocenters. The Bertz CT molecular complexity index is 1660. The highest BCUT2D eigenvalue weighted by Crippen LogP contribution is 2.73. The van der Waals surface area contributed by atoms with Crippen molar-refractivity contribution < 1.29 is 18.8 Å². The van der Waals surface area contributed by atoms with Gasteiger partial charge in [0.05, 0.1) is 22.6 Å². The molecule has 37 heavy (non-hydrogen) atoms. The first kappa shape index (κ1) is 23.5. The summed E-state index contributed by atoms with van der Waals surface area (Å²) in [4.78, 5) is 38.2. The van der Waals surface area contributed by atoms with Gasteiger partial charge >= 0.3 is 5.97 Å². The molecule has 190 valence electrons. The molecule has 1 aromatic carbocycles. The standard InChI is InChI=1S/C25H22ClFN6O4/c1-11(28-16-4-5-17(26)30-19(16)21(35)36)14-6-13(27)7-15-18(14)31-23(33(3)20(15)34)25-8-24(9-25,10-25)22-29-12(2)37-32-22/h4-7,11,28H,8-10H2,1-3H3,(H,35,36)/t11-,24?,25?/m1/s1. The molecule has 12 heteroatoms.